The molecule has 62 valence electrons. The molecule has 1 unspecified atom stereocenters. The summed E-state index contributed by atoms with van der Waals surface area (Å²) in [7, 11) is -0.130. The molecule has 0 bridgehead atoms. The molecule has 1 atom stereocenters. The van der Waals surface area contributed by atoms with Crippen molar-refractivity contribution >= 4 is 13.9 Å². The Morgan fingerprint density at radius 2 is 2.36 bits per heavy atom. The van der Waals surface area contributed by atoms with E-state index in [1.165, 1.54) is 0 Å². The third kappa shape index (κ3) is 5.86. The number of unbranched alkanes of at least 4 members (excludes halogenated alkanes) is 1. The predicted molar refractivity (Wildman–Crippen MR) is 41.0 cm³/mol. The summed E-state index contributed by atoms with van der Waals surface area (Å²) in [5.74, 6) is -0.996. The zero-order chi connectivity index (χ0) is 8.69. The van der Waals surface area contributed by atoms with Crippen molar-refractivity contribution in [3.05, 3.63) is 0 Å². The van der Waals surface area contributed by atoms with E-state index in [4.69, 9.17) is 10.8 Å². The molecule has 0 rings (SSSR count). The standard InChI is InChI=1S/C6H10NO3P/c7-5(6(8)9)3-1-2-4-11-10/h5H,1-3,7H2,(H,8,9). The molecule has 5 heteroatoms. The second-order valence-electron chi connectivity index (χ2n) is 2.09. The average Bonchev–Trinajstić information content (AvgIpc) is 1.97. The van der Waals surface area contributed by atoms with Crippen LogP contribution < -0.4 is 5.73 Å². The Morgan fingerprint density at radius 3 is 2.82 bits per heavy atom. The summed E-state index contributed by atoms with van der Waals surface area (Å²) < 4.78 is 9.82. The van der Waals surface area contributed by atoms with Crippen LogP contribution in [-0.2, 0) is 9.36 Å². The van der Waals surface area contributed by atoms with Crippen molar-refractivity contribution in [1.82, 2.24) is 0 Å². The van der Waals surface area contributed by atoms with Crippen molar-refractivity contribution in [2.75, 3.05) is 0 Å². The van der Waals surface area contributed by atoms with Gasteiger partial charge < -0.3 is 0 Å². The van der Waals surface area contributed by atoms with Crippen LogP contribution in [0.15, 0.2) is 0 Å². The van der Waals surface area contributed by atoms with E-state index in [9.17, 15) is 9.36 Å². The molecular formula is C6H10NO3P. The third-order valence-corrected chi connectivity index (χ3v) is 1.54. The minimum atomic E-state index is -0.996. The Balaban J connectivity index is 3.43. The zero-order valence-corrected chi connectivity index (χ0v) is 6.88. The maximum absolute atomic E-state index is 10.2. The summed E-state index contributed by atoms with van der Waals surface area (Å²) in [6.07, 6.45) is 1.53. The number of carboxylic acid groups (broad SMARTS) is 1. The fourth-order valence-electron chi connectivity index (χ4n) is 0.570. The van der Waals surface area contributed by atoms with Gasteiger partial charge in [0.2, 0.25) is 0 Å². The topological polar surface area (TPSA) is 80.4 Å². The molecule has 0 spiro atoms. The van der Waals surface area contributed by atoms with Gasteiger partial charge in [0.05, 0.1) is 0 Å². The molecule has 0 radical (unpaired) electrons. The molecule has 0 aliphatic carbocycles. The van der Waals surface area contributed by atoms with Crippen LogP contribution in [0.25, 0.3) is 0 Å². The van der Waals surface area contributed by atoms with Gasteiger partial charge in [-0.3, -0.25) is 0 Å². The first-order valence-corrected chi connectivity index (χ1v) is 4.03. The molecule has 0 aromatic rings. The molecule has 3 N–H and O–H groups in total. The molecule has 0 saturated carbocycles. The first-order valence-electron chi connectivity index (χ1n) is 3.22. The molecule has 0 aliphatic rings. The van der Waals surface area contributed by atoms with Crippen molar-refractivity contribution in [2.45, 2.75) is 25.3 Å². The van der Waals surface area contributed by atoms with E-state index in [1.807, 2.05) is 0 Å². The molecule has 0 heterocycles. The van der Waals surface area contributed by atoms with E-state index in [2.05, 4.69) is 5.63 Å². The first-order chi connectivity index (χ1) is 5.18. The Kier molecular flexibility index (Phi) is 5.86. The average molecular weight is 175 g/mol. The maximum atomic E-state index is 10.2. The van der Waals surface area contributed by atoms with Gasteiger partial charge in [-0.15, -0.1) is 0 Å². The Hall–Kier alpha value is -0.560. The van der Waals surface area contributed by atoms with Crippen molar-refractivity contribution in [2.24, 2.45) is 5.73 Å². The van der Waals surface area contributed by atoms with Gasteiger partial charge >= 0.3 is 65.0 Å². The van der Waals surface area contributed by atoms with Gasteiger partial charge in [-0.25, -0.2) is 0 Å². The summed E-state index contributed by atoms with van der Waals surface area (Å²) in [5.41, 5.74) is 7.70. The van der Waals surface area contributed by atoms with Crippen LogP contribution in [0.5, 0.6) is 0 Å². The molecule has 0 saturated heterocycles. The van der Waals surface area contributed by atoms with Crippen LogP contribution in [0.4, 0.5) is 0 Å². The van der Waals surface area contributed by atoms with E-state index < -0.39 is 12.0 Å². The summed E-state index contributed by atoms with van der Waals surface area (Å²) in [6, 6.07) is -0.805. The molecule has 0 aromatic heterocycles. The second kappa shape index (κ2) is 6.17. The quantitative estimate of drug-likeness (QED) is 0.489. The van der Waals surface area contributed by atoms with E-state index in [0.717, 1.165) is 0 Å². The van der Waals surface area contributed by atoms with Crippen molar-refractivity contribution in [1.29, 1.82) is 0 Å². The van der Waals surface area contributed by atoms with Gasteiger partial charge in [0.15, 0.2) is 0 Å². The third-order valence-electron chi connectivity index (χ3n) is 1.19. The van der Waals surface area contributed by atoms with Gasteiger partial charge in [0.25, 0.3) is 0 Å². The molecule has 4 nitrogen and oxygen atoms in total. The van der Waals surface area contributed by atoms with E-state index in [1.54, 1.807) is 0 Å². The first kappa shape index (κ1) is 10.4. The fourth-order valence-corrected chi connectivity index (χ4v) is 0.820. The van der Waals surface area contributed by atoms with E-state index in [-0.39, 0.29) is 7.92 Å². The minimum absolute atomic E-state index is 0.130. The normalized spacial score (nSPS) is 11.7. The number of carboxylic acids is 1. The van der Waals surface area contributed by atoms with Crippen LogP contribution in [0.2, 0.25) is 0 Å². The number of aliphatic carboxylic acids is 1. The van der Waals surface area contributed by atoms with Gasteiger partial charge in [-0.05, 0) is 0 Å². The van der Waals surface area contributed by atoms with Gasteiger partial charge in [-0.1, -0.05) is 0 Å². The zero-order valence-electron chi connectivity index (χ0n) is 5.99. The summed E-state index contributed by atoms with van der Waals surface area (Å²) in [4.78, 5) is 10.2. The van der Waals surface area contributed by atoms with Crippen molar-refractivity contribution in [3.63, 3.8) is 0 Å². The number of rotatable bonds is 4. The van der Waals surface area contributed by atoms with Crippen LogP contribution in [0, 0.1) is 5.63 Å². The van der Waals surface area contributed by atoms with Crippen LogP contribution in [0.3, 0.4) is 0 Å². The van der Waals surface area contributed by atoms with Gasteiger partial charge in [0.1, 0.15) is 0 Å². The number of hydrogen-bond donors (Lipinski definition) is 2. The van der Waals surface area contributed by atoms with E-state index in [0.29, 0.717) is 19.3 Å². The molecule has 0 amide bonds. The van der Waals surface area contributed by atoms with Crippen LogP contribution in [-0.4, -0.2) is 17.1 Å². The van der Waals surface area contributed by atoms with Gasteiger partial charge in [-0.2, -0.15) is 0 Å². The summed E-state index contributed by atoms with van der Waals surface area (Å²) >= 11 is 0. The number of carbonyl (C=O) groups is 1. The van der Waals surface area contributed by atoms with E-state index >= 15 is 0 Å². The molecular weight excluding hydrogens is 165 g/mol. The number of nitrogens with two attached hydrogens (primary N) is 1. The van der Waals surface area contributed by atoms with Crippen molar-refractivity contribution < 1.29 is 14.5 Å². The summed E-state index contributed by atoms with van der Waals surface area (Å²) in [5, 5.41) is 8.33. The molecule has 11 heavy (non-hydrogen) atoms. The fraction of sp³-hybridized carbons (Fsp3) is 0.667. The monoisotopic (exact) mass is 175 g/mol. The molecule has 0 aliphatic heterocycles. The van der Waals surface area contributed by atoms with Crippen LogP contribution in [0.1, 0.15) is 19.3 Å². The van der Waals surface area contributed by atoms with Gasteiger partial charge in [0, 0.05) is 0 Å². The second-order valence-corrected chi connectivity index (χ2v) is 2.59. The Bertz CT molecular complexity index is 221. The van der Waals surface area contributed by atoms with Crippen molar-refractivity contribution in [3.8, 4) is 5.63 Å². The Morgan fingerprint density at radius 1 is 1.73 bits per heavy atom. The predicted octanol–water partition coefficient (Wildman–Crippen LogP) is 0.819. The Labute approximate surface area is 65.9 Å². The molecule has 0 aromatic carbocycles. The molecule has 0 fully saturated rings. The number of hydrogen-bond acceptors (Lipinski definition) is 3. The van der Waals surface area contributed by atoms with Crippen LogP contribution >= 0.6 is 7.92 Å². The SMILES string of the molecule is NC(CCCC#P=O)C(=O)O. The summed E-state index contributed by atoms with van der Waals surface area (Å²) in [6.45, 7) is 0.